The van der Waals surface area contributed by atoms with Crippen LogP contribution in [0.2, 0.25) is 0 Å². The van der Waals surface area contributed by atoms with Gasteiger partial charge in [0.1, 0.15) is 0 Å². The number of anilines is 1. The number of ketones is 1. The van der Waals surface area contributed by atoms with Crippen LogP contribution >= 0.6 is 15.9 Å². The van der Waals surface area contributed by atoms with Crippen molar-refractivity contribution >= 4 is 39.2 Å². The fourth-order valence-electron chi connectivity index (χ4n) is 2.60. The molecule has 2 amide bonds. The predicted molar refractivity (Wildman–Crippen MR) is 91.2 cm³/mol. The van der Waals surface area contributed by atoms with Gasteiger partial charge in [0.05, 0.1) is 6.42 Å². The molecule has 0 saturated carbocycles. The summed E-state index contributed by atoms with van der Waals surface area (Å²) in [5, 5.41) is 2.64. The van der Waals surface area contributed by atoms with Gasteiger partial charge in [-0.05, 0) is 51.8 Å². The number of hydrogen-bond donors (Lipinski definition) is 1. The lowest BCUT2D eigenvalue weighted by atomic mass is 10.0. The van der Waals surface area contributed by atoms with Gasteiger partial charge in [0.25, 0.3) is 5.91 Å². The van der Waals surface area contributed by atoms with Crippen molar-refractivity contribution in [3.8, 4) is 0 Å². The third kappa shape index (κ3) is 3.26. The second kappa shape index (κ2) is 6.60. The quantitative estimate of drug-likeness (QED) is 0.795. The van der Waals surface area contributed by atoms with E-state index in [2.05, 4.69) is 21.2 Å². The van der Waals surface area contributed by atoms with Crippen LogP contribution in [-0.4, -0.2) is 31.2 Å². The molecular formula is C17H15BrN2O4. The Balaban J connectivity index is 1.57. The maximum Gasteiger partial charge on any atom is 0.287 e. The highest BCUT2D eigenvalue weighted by Gasteiger charge is 2.24. The molecule has 2 aromatic rings. The Morgan fingerprint density at radius 3 is 2.79 bits per heavy atom. The molecule has 2 heterocycles. The lowest BCUT2D eigenvalue weighted by Crippen LogP contribution is -2.25. The fraction of sp³-hybridized carbons (Fsp3) is 0.235. The van der Waals surface area contributed by atoms with Crippen LogP contribution in [0.5, 0.6) is 0 Å². The first-order valence-electron chi connectivity index (χ1n) is 7.42. The number of furan rings is 1. The molecule has 7 heteroatoms. The average molecular weight is 391 g/mol. The maximum absolute atomic E-state index is 12.2. The highest BCUT2D eigenvalue weighted by Crippen LogP contribution is 2.28. The Kier molecular flexibility index (Phi) is 4.53. The third-order valence-corrected chi connectivity index (χ3v) is 4.34. The molecule has 3 rings (SSSR count). The summed E-state index contributed by atoms with van der Waals surface area (Å²) in [6.45, 7) is 0.214. The van der Waals surface area contributed by atoms with E-state index in [1.165, 1.54) is 0 Å². The summed E-state index contributed by atoms with van der Waals surface area (Å²) in [7, 11) is 1.72. The van der Waals surface area contributed by atoms with Crippen molar-refractivity contribution in [3.05, 3.63) is 51.9 Å². The van der Waals surface area contributed by atoms with Gasteiger partial charge in [-0.15, -0.1) is 0 Å². The van der Waals surface area contributed by atoms with Gasteiger partial charge in [0.2, 0.25) is 5.91 Å². The summed E-state index contributed by atoms with van der Waals surface area (Å²) < 4.78 is 5.61. The number of nitrogens with zero attached hydrogens (tertiary/aromatic N) is 1. The Morgan fingerprint density at radius 1 is 1.29 bits per heavy atom. The highest BCUT2D eigenvalue weighted by molar-refractivity contribution is 9.10. The standard InChI is InChI=1S/C17H15BrN2O4/c1-20-12-3-2-10(8-11(12)9-16(20)22)13(21)6-7-19-17(23)14-4-5-15(18)24-14/h2-5,8H,6-7,9H2,1H3,(H,19,23). The SMILES string of the molecule is CN1C(=O)Cc2cc(C(=O)CCNC(=O)c3ccc(Br)o3)ccc21. The van der Waals surface area contributed by atoms with Gasteiger partial charge < -0.3 is 14.6 Å². The Morgan fingerprint density at radius 2 is 2.08 bits per heavy atom. The van der Waals surface area contributed by atoms with Crippen LogP contribution in [0.4, 0.5) is 5.69 Å². The van der Waals surface area contributed by atoms with E-state index in [9.17, 15) is 14.4 Å². The predicted octanol–water partition coefficient (Wildman–Crippen LogP) is 2.56. The second-order valence-electron chi connectivity index (χ2n) is 5.51. The van der Waals surface area contributed by atoms with Gasteiger partial charge in [0, 0.05) is 31.3 Å². The van der Waals surface area contributed by atoms with Crippen LogP contribution in [-0.2, 0) is 11.2 Å². The molecule has 0 fully saturated rings. The monoisotopic (exact) mass is 390 g/mol. The van der Waals surface area contributed by atoms with Crippen molar-refractivity contribution < 1.29 is 18.8 Å². The van der Waals surface area contributed by atoms with Crippen LogP contribution in [0.3, 0.4) is 0 Å². The topological polar surface area (TPSA) is 79.6 Å². The largest absolute Gasteiger partial charge is 0.444 e. The maximum atomic E-state index is 12.2. The van der Waals surface area contributed by atoms with Crippen LogP contribution < -0.4 is 10.2 Å². The molecule has 0 bridgehead atoms. The number of likely N-dealkylation sites (N-methyl/N-ethyl adjacent to an activating group) is 1. The number of benzene rings is 1. The number of carbonyl (C=O) groups excluding carboxylic acids is 3. The van der Waals surface area contributed by atoms with E-state index in [-0.39, 0.29) is 36.3 Å². The Labute approximate surface area is 146 Å². The molecule has 124 valence electrons. The molecule has 6 nitrogen and oxygen atoms in total. The molecule has 0 spiro atoms. The normalized spacial score (nSPS) is 13.1. The minimum atomic E-state index is -0.366. The van der Waals surface area contributed by atoms with Crippen molar-refractivity contribution in [1.82, 2.24) is 5.32 Å². The summed E-state index contributed by atoms with van der Waals surface area (Å²) in [6.07, 6.45) is 0.493. The summed E-state index contributed by atoms with van der Waals surface area (Å²) in [4.78, 5) is 37.3. The van der Waals surface area contributed by atoms with E-state index in [0.717, 1.165) is 11.3 Å². The summed E-state index contributed by atoms with van der Waals surface area (Å²) in [5.41, 5.74) is 2.25. The Hall–Kier alpha value is -2.41. The molecule has 0 aliphatic carbocycles. The van der Waals surface area contributed by atoms with Gasteiger partial charge in [-0.3, -0.25) is 14.4 Å². The highest BCUT2D eigenvalue weighted by atomic mass is 79.9. The number of Topliss-reactive ketones (excluding diaryl/α,β-unsaturated/α-hetero) is 1. The Bertz CT molecular complexity index is 828. The van der Waals surface area contributed by atoms with Crippen molar-refractivity contribution in [1.29, 1.82) is 0 Å². The smallest absolute Gasteiger partial charge is 0.287 e. The van der Waals surface area contributed by atoms with Crippen molar-refractivity contribution in [2.24, 2.45) is 0 Å². The molecule has 0 radical (unpaired) electrons. The van der Waals surface area contributed by atoms with Crippen molar-refractivity contribution in [2.75, 3.05) is 18.5 Å². The average Bonchev–Trinajstić information content (AvgIpc) is 3.11. The van der Waals surface area contributed by atoms with E-state index in [4.69, 9.17) is 4.42 Å². The zero-order chi connectivity index (χ0) is 17.3. The van der Waals surface area contributed by atoms with Gasteiger partial charge in [-0.1, -0.05) is 0 Å². The molecule has 0 atom stereocenters. The first-order valence-corrected chi connectivity index (χ1v) is 8.21. The molecule has 1 N–H and O–H groups in total. The minimum Gasteiger partial charge on any atom is -0.444 e. The lowest BCUT2D eigenvalue weighted by molar-refractivity contribution is -0.117. The van der Waals surface area contributed by atoms with Crippen LogP contribution in [0.25, 0.3) is 0 Å². The molecule has 24 heavy (non-hydrogen) atoms. The van der Waals surface area contributed by atoms with E-state index in [0.29, 0.717) is 16.7 Å². The molecule has 1 aliphatic heterocycles. The number of hydrogen-bond acceptors (Lipinski definition) is 4. The summed E-state index contributed by atoms with van der Waals surface area (Å²) in [6, 6.07) is 8.43. The molecule has 1 aromatic carbocycles. The first kappa shape index (κ1) is 16.4. The molecule has 1 aromatic heterocycles. The number of fused-ring (bicyclic) bond motifs is 1. The summed E-state index contributed by atoms with van der Waals surface area (Å²) in [5.74, 6) is -0.240. The number of amides is 2. The van der Waals surface area contributed by atoms with Gasteiger partial charge in [-0.25, -0.2) is 0 Å². The van der Waals surface area contributed by atoms with Crippen molar-refractivity contribution in [3.63, 3.8) is 0 Å². The molecule has 1 aliphatic rings. The zero-order valence-electron chi connectivity index (χ0n) is 13.0. The fourth-order valence-corrected chi connectivity index (χ4v) is 2.91. The van der Waals surface area contributed by atoms with Gasteiger partial charge in [0.15, 0.2) is 16.2 Å². The number of rotatable bonds is 5. The van der Waals surface area contributed by atoms with E-state index >= 15 is 0 Å². The molecular weight excluding hydrogens is 376 g/mol. The molecule has 0 saturated heterocycles. The van der Waals surface area contributed by atoms with Gasteiger partial charge in [-0.2, -0.15) is 0 Å². The van der Waals surface area contributed by atoms with Crippen LogP contribution in [0, 0.1) is 0 Å². The summed E-state index contributed by atoms with van der Waals surface area (Å²) >= 11 is 3.13. The van der Waals surface area contributed by atoms with Crippen molar-refractivity contribution in [2.45, 2.75) is 12.8 Å². The number of nitrogens with one attached hydrogen (secondary N) is 1. The van der Waals surface area contributed by atoms with E-state index in [1.807, 2.05) is 0 Å². The van der Waals surface area contributed by atoms with E-state index < -0.39 is 0 Å². The minimum absolute atomic E-state index is 0.0199. The van der Waals surface area contributed by atoms with Crippen LogP contribution in [0.15, 0.2) is 39.4 Å². The molecule has 0 unspecified atom stereocenters. The number of halogens is 1. The lowest BCUT2D eigenvalue weighted by Gasteiger charge is -2.10. The van der Waals surface area contributed by atoms with E-state index in [1.54, 1.807) is 42.3 Å². The first-order chi connectivity index (χ1) is 11.5. The zero-order valence-corrected chi connectivity index (χ0v) is 14.6. The second-order valence-corrected chi connectivity index (χ2v) is 6.29. The third-order valence-electron chi connectivity index (χ3n) is 3.91. The van der Waals surface area contributed by atoms with Crippen LogP contribution in [0.1, 0.15) is 32.9 Å². The number of carbonyl (C=O) groups is 3. The van der Waals surface area contributed by atoms with Gasteiger partial charge >= 0.3 is 0 Å².